The molecule has 110 valence electrons. The molecule has 1 nitrogen and oxygen atoms in total. The molecule has 1 spiro atoms. The molecule has 2 heteroatoms. The quantitative estimate of drug-likeness (QED) is 0.854. The van der Waals surface area contributed by atoms with Gasteiger partial charge in [0.15, 0.2) is 0 Å². The second kappa shape index (κ2) is 5.73. The summed E-state index contributed by atoms with van der Waals surface area (Å²) in [4.78, 5) is 1.39. The van der Waals surface area contributed by atoms with Crippen LogP contribution in [0.15, 0.2) is 29.2 Å². The first-order valence-electron chi connectivity index (χ1n) is 8.11. The number of aryl methyl sites for hydroxylation is 1. The van der Waals surface area contributed by atoms with E-state index < -0.39 is 0 Å². The van der Waals surface area contributed by atoms with Crippen molar-refractivity contribution in [2.75, 3.05) is 6.54 Å². The van der Waals surface area contributed by atoms with Gasteiger partial charge in [-0.1, -0.05) is 43.4 Å². The van der Waals surface area contributed by atoms with Crippen molar-refractivity contribution in [3.8, 4) is 0 Å². The van der Waals surface area contributed by atoms with Crippen molar-refractivity contribution in [1.29, 1.82) is 0 Å². The van der Waals surface area contributed by atoms with Crippen LogP contribution in [0.25, 0.3) is 0 Å². The van der Waals surface area contributed by atoms with E-state index in [2.05, 4.69) is 31.2 Å². The molecule has 1 aromatic rings. The fraction of sp³-hybridized carbons (Fsp3) is 0.667. The lowest BCUT2D eigenvalue weighted by Gasteiger charge is -2.56. The van der Waals surface area contributed by atoms with Gasteiger partial charge in [0.2, 0.25) is 0 Å². The summed E-state index contributed by atoms with van der Waals surface area (Å²) in [5, 5.41) is 0. The number of thioether (sulfide) groups is 1. The summed E-state index contributed by atoms with van der Waals surface area (Å²) in [6, 6.07) is 8.95. The van der Waals surface area contributed by atoms with Crippen LogP contribution in [0.1, 0.15) is 56.9 Å². The number of benzene rings is 1. The van der Waals surface area contributed by atoms with E-state index in [1.807, 2.05) is 11.8 Å². The maximum Gasteiger partial charge on any atom is 0.0339 e. The van der Waals surface area contributed by atoms with Gasteiger partial charge >= 0.3 is 0 Å². The molecule has 0 unspecified atom stereocenters. The molecule has 0 aromatic heterocycles. The van der Waals surface area contributed by atoms with Crippen molar-refractivity contribution in [3.05, 3.63) is 29.8 Å². The fourth-order valence-electron chi connectivity index (χ4n) is 4.26. The van der Waals surface area contributed by atoms with E-state index >= 15 is 0 Å². The van der Waals surface area contributed by atoms with Crippen LogP contribution >= 0.6 is 11.8 Å². The van der Waals surface area contributed by atoms with Crippen molar-refractivity contribution in [2.24, 2.45) is 11.1 Å². The Morgan fingerprint density at radius 3 is 2.15 bits per heavy atom. The molecule has 0 radical (unpaired) electrons. The Balaban J connectivity index is 1.67. The fourth-order valence-corrected chi connectivity index (χ4v) is 5.87. The van der Waals surface area contributed by atoms with Crippen LogP contribution in [-0.4, -0.2) is 11.3 Å². The molecule has 3 rings (SSSR count). The van der Waals surface area contributed by atoms with Gasteiger partial charge in [-0.25, -0.2) is 0 Å². The zero-order chi connectivity index (χ0) is 14.1. The number of hydrogen-bond acceptors (Lipinski definition) is 2. The minimum Gasteiger partial charge on any atom is -0.329 e. The van der Waals surface area contributed by atoms with E-state index in [9.17, 15) is 0 Å². The smallest absolute Gasteiger partial charge is 0.0339 e. The minimum atomic E-state index is 0.319. The van der Waals surface area contributed by atoms with Crippen LogP contribution in [0, 0.1) is 12.3 Å². The van der Waals surface area contributed by atoms with Gasteiger partial charge in [-0.2, -0.15) is 0 Å². The molecule has 2 fully saturated rings. The first-order chi connectivity index (χ1) is 9.65. The Bertz CT molecular complexity index is 435. The molecule has 2 aliphatic carbocycles. The Labute approximate surface area is 127 Å². The second-order valence-electron chi connectivity index (χ2n) is 7.07. The highest BCUT2D eigenvalue weighted by molar-refractivity contribution is 8.00. The van der Waals surface area contributed by atoms with Gasteiger partial charge in [-0.15, -0.1) is 11.8 Å². The first kappa shape index (κ1) is 14.5. The van der Waals surface area contributed by atoms with Gasteiger partial charge in [0.05, 0.1) is 0 Å². The van der Waals surface area contributed by atoms with Gasteiger partial charge in [0.25, 0.3) is 0 Å². The second-order valence-corrected chi connectivity index (χ2v) is 8.61. The van der Waals surface area contributed by atoms with Crippen molar-refractivity contribution in [3.63, 3.8) is 0 Å². The van der Waals surface area contributed by atoms with Crippen molar-refractivity contribution < 1.29 is 0 Å². The zero-order valence-electron chi connectivity index (χ0n) is 12.7. The van der Waals surface area contributed by atoms with Crippen molar-refractivity contribution >= 4 is 11.8 Å². The van der Waals surface area contributed by atoms with Crippen LogP contribution in [0.5, 0.6) is 0 Å². The Morgan fingerprint density at radius 2 is 1.60 bits per heavy atom. The largest absolute Gasteiger partial charge is 0.329 e. The van der Waals surface area contributed by atoms with Gasteiger partial charge in [0, 0.05) is 16.2 Å². The maximum atomic E-state index is 6.15. The highest BCUT2D eigenvalue weighted by Gasteiger charge is 2.53. The molecule has 2 N–H and O–H groups in total. The van der Waals surface area contributed by atoms with Gasteiger partial charge in [-0.3, -0.25) is 0 Å². The van der Waals surface area contributed by atoms with Crippen LogP contribution in [0.4, 0.5) is 0 Å². The van der Waals surface area contributed by atoms with E-state index in [4.69, 9.17) is 5.73 Å². The Hall–Kier alpha value is -0.470. The monoisotopic (exact) mass is 289 g/mol. The molecule has 20 heavy (non-hydrogen) atoms. The number of rotatable bonds is 3. The molecule has 0 heterocycles. The topological polar surface area (TPSA) is 26.0 Å². The lowest BCUT2D eigenvalue weighted by Crippen LogP contribution is -2.53. The van der Waals surface area contributed by atoms with Crippen molar-refractivity contribution in [1.82, 2.24) is 0 Å². The molecule has 0 bridgehead atoms. The van der Waals surface area contributed by atoms with Crippen LogP contribution in [-0.2, 0) is 0 Å². The summed E-state index contributed by atoms with van der Waals surface area (Å²) in [5.41, 5.74) is 8.14. The third-order valence-corrected chi connectivity index (χ3v) is 6.68. The van der Waals surface area contributed by atoms with Crippen LogP contribution < -0.4 is 5.73 Å². The molecular formula is C18H27NS. The summed E-state index contributed by atoms with van der Waals surface area (Å²) in [5.74, 6) is 0. The van der Waals surface area contributed by atoms with Crippen LogP contribution in [0.3, 0.4) is 0 Å². The third-order valence-electron chi connectivity index (χ3n) is 5.29. The highest BCUT2D eigenvalue weighted by atomic mass is 32.2. The molecule has 0 aliphatic heterocycles. The minimum absolute atomic E-state index is 0.319. The molecular weight excluding hydrogens is 262 g/mol. The number of hydrogen-bond donors (Lipinski definition) is 1. The average molecular weight is 289 g/mol. The highest BCUT2D eigenvalue weighted by Crippen LogP contribution is 2.62. The van der Waals surface area contributed by atoms with E-state index in [-0.39, 0.29) is 0 Å². The Morgan fingerprint density at radius 1 is 1.00 bits per heavy atom. The normalized spacial score (nSPS) is 24.1. The summed E-state index contributed by atoms with van der Waals surface area (Å²) >= 11 is 2.04. The summed E-state index contributed by atoms with van der Waals surface area (Å²) in [6.07, 6.45) is 11.4. The van der Waals surface area contributed by atoms with Gasteiger partial charge in [-0.05, 0) is 50.2 Å². The standard InChI is InChI=1S/C18H27NS/c1-15-6-8-16(9-7-15)20-18(14-19)12-17(13-18)10-4-2-3-5-11-17/h6-9H,2-5,10-14,19H2,1H3. The summed E-state index contributed by atoms with van der Waals surface area (Å²) in [7, 11) is 0. The van der Waals surface area contributed by atoms with E-state index in [1.165, 1.54) is 61.8 Å². The molecule has 0 atom stereocenters. The molecule has 2 saturated carbocycles. The van der Waals surface area contributed by atoms with E-state index in [0.717, 1.165) is 6.54 Å². The number of nitrogens with two attached hydrogens (primary N) is 1. The molecule has 0 saturated heterocycles. The Kier molecular flexibility index (Phi) is 4.14. The lowest BCUT2D eigenvalue weighted by molar-refractivity contribution is 0.0659. The lowest BCUT2D eigenvalue weighted by atomic mass is 9.58. The van der Waals surface area contributed by atoms with E-state index in [1.54, 1.807) is 0 Å². The SMILES string of the molecule is Cc1ccc(SC2(CN)CC3(CCCCCC3)C2)cc1. The molecule has 2 aliphatic rings. The van der Waals surface area contributed by atoms with E-state index in [0.29, 0.717) is 10.2 Å². The average Bonchev–Trinajstić information content (AvgIpc) is 2.66. The predicted octanol–water partition coefficient (Wildman–Crippen LogP) is 4.92. The van der Waals surface area contributed by atoms with Gasteiger partial charge in [0.1, 0.15) is 0 Å². The van der Waals surface area contributed by atoms with Gasteiger partial charge < -0.3 is 5.73 Å². The summed E-state index contributed by atoms with van der Waals surface area (Å²) in [6.45, 7) is 2.98. The maximum absolute atomic E-state index is 6.15. The predicted molar refractivity (Wildman–Crippen MR) is 88.2 cm³/mol. The zero-order valence-corrected chi connectivity index (χ0v) is 13.5. The summed E-state index contributed by atoms with van der Waals surface area (Å²) < 4.78 is 0.319. The third kappa shape index (κ3) is 2.92. The molecule has 0 amide bonds. The molecule has 1 aromatic carbocycles. The van der Waals surface area contributed by atoms with Crippen LogP contribution in [0.2, 0.25) is 0 Å². The van der Waals surface area contributed by atoms with Crippen molar-refractivity contribution in [2.45, 2.75) is 67.9 Å². The first-order valence-corrected chi connectivity index (χ1v) is 8.93.